The van der Waals surface area contributed by atoms with Gasteiger partial charge in [0.15, 0.2) is 0 Å². The van der Waals surface area contributed by atoms with Crippen molar-refractivity contribution in [3.05, 3.63) is 47.7 Å². The predicted molar refractivity (Wildman–Crippen MR) is 103 cm³/mol. The summed E-state index contributed by atoms with van der Waals surface area (Å²) in [5.41, 5.74) is 2.31. The van der Waals surface area contributed by atoms with Gasteiger partial charge in [0.2, 0.25) is 5.91 Å². The molecule has 1 heterocycles. The Balaban J connectivity index is 1.68. The average Bonchev–Trinajstić information content (AvgIpc) is 3.23. The maximum absolute atomic E-state index is 12.9. The van der Waals surface area contributed by atoms with E-state index >= 15 is 0 Å². The summed E-state index contributed by atoms with van der Waals surface area (Å²) in [6.07, 6.45) is 6.23. The number of nitrogens with zero attached hydrogens (tertiary/aromatic N) is 1. The minimum atomic E-state index is -0.498. The van der Waals surface area contributed by atoms with E-state index in [0.29, 0.717) is 17.3 Å². The number of para-hydroxylation sites is 2. The molecule has 140 valence electrons. The third-order valence-electron chi connectivity index (χ3n) is 5.41. The van der Waals surface area contributed by atoms with E-state index in [0.717, 1.165) is 18.5 Å². The fraction of sp³-hybridized carbons (Fsp3) is 0.381. The van der Waals surface area contributed by atoms with Crippen molar-refractivity contribution in [2.75, 3.05) is 11.9 Å². The first-order chi connectivity index (χ1) is 13.1. The number of nitrogens with one attached hydrogen (secondary N) is 2. The van der Waals surface area contributed by atoms with Crippen LogP contribution < -0.4 is 10.6 Å². The van der Waals surface area contributed by atoms with Gasteiger partial charge in [0.25, 0.3) is 0 Å². The molecule has 2 bridgehead atoms. The van der Waals surface area contributed by atoms with Crippen LogP contribution in [-0.4, -0.2) is 24.3 Å². The van der Waals surface area contributed by atoms with E-state index in [4.69, 9.17) is 4.74 Å². The lowest BCUT2D eigenvalue weighted by atomic mass is 9.92. The molecule has 27 heavy (non-hydrogen) atoms. The SMILES string of the molecule is CCOC(=O)C1=C(C)Nc2ccccc2N=C1NC(=O)[C@H]1C[C@@H]2C=C[C@H]1C2. The quantitative estimate of drug-likeness (QED) is 0.636. The highest BCUT2D eigenvalue weighted by atomic mass is 16.5. The zero-order valence-electron chi connectivity index (χ0n) is 15.5. The highest BCUT2D eigenvalue weighted by molar-refractivity contribution is 6.24. The molecule has 2 N–H and O–H groups in total. The molecule has 3 aliphatic rings. The summed E-state index contributed by atoms with van der Waals surface area (Å²) in [5.74, 6) is 0.369. The van der Waals surface area contributed by atoms with Crippen molar-refractivity contribution < 1.29 is 14.3 Å². The Morgan fingerprint density at radius 2 is 2.07 bits per heavy atom. The van der Waals surface area contributed by atoms with E-state index in [-0.39, 0.29) is 35.8 Å². The van der Waals surface area contributed by atoms with Crippen molar-refractivity contribution in [1.29, 1.82) is 0 Å². The molecular weight excluding hydrogens is 342 g/mol. The highest BCUT2D eigenvalue weighted by Crippen LogP contribution is 2.43. The minimum Gasteiger partial charge on any atom is -0.462 e. The molecule has 1 aromatic rings. The lowest BCUT2D eigenvalue weighted by Crippen LogP contribution is -2.40. The largest absolute Gasteiger partial charge is 0.462 e. The van der Waals surface area contributed by atoms with E-state index in [1.807, 2.05) is 24.3 Å². The van der Waals surface area contributed by atoms with Crippen LogP contribution in [0.5, 0.6) is 0 Å². The number of hydrogen-bond acceptors (Lipinski definition) is 5. The average molecular weight is 365 g/mol. The molecule has 1 aromatic carbocycles. The molecule has 4 rings (SSSR count). The molecule has 1 aliphatic heterocycles. The van der Waals surface area contributed by atoms with Crippen molar-refractivity contribution in [2.45, 2.75) is 26.7 Å². The molecular formula is C21H23N3O3. The Morgan fingerprint density at radius 3 is 2.78 bits per heavy atom. The van der Waals surface area contributed by atoms with Crippen LogP contribution in [0.4, 0.5) is 11.4 Å². The minimum absolute atomic E-state index is 0.0714. The molecule has 2 aliphatic carbocycles. The van der Waals surface area contributed by atoms with Gasteiger partial charge in [-0.05, 0) is 50.7 Å². The first-order valence-electron chi connectivity index (χ1n) is 9.39. The van der Waals surface area contributed by atoms with E-state index in [1.165, 1.54) is 0 Å². The van der Waals surface area contributed by atoms with Crippen LogP contribution in [-0.2, 0) is 14.3 Å². The summed E-state index contributed by atoms with van der Waals surface area (Å²) in [6, 6.07) is 7.49. The third kappa shape index (κ3) is 3.27. The third-order valence-corrected chi connectivity index (χ3v) is 5.41. The molecule has 0 aromatic heterocycles. The molecule has 0 spiro atoms. The maximum Gasteiger partial charge on any atom is 0.343 e. The van der Waals surface area contributed by atoms with Crippen LogP contribution in [0.2, 0.25) is 0 Å². The van der Waals surface area contributed by atoms with Gasteiger partial charge in [-0.1, -0.05) is 24.3 Å². The molecule has 1 fully saturated rings. The number of fused-ring (bicyclic) bond motifs is 3. The summed E-state index contributed by atoms with van der Waals surface area (Å²) in [7, 11) is 0. The second-order valence-electron chi connectivity index (χ2n) is 7.20. The van der Waals surface area contributed by atoms with Gasteiger partial charge < -0.3 is 15.4 Å². The molecule has 0 saturated heterocycles. The van der Waals surface area contributed by atoms with Crippen LogP contribution in [0.15, 0.2) is 52.7 Å². The highest BCUT2D eigenvalue weighted by Gasteiger charge is 2.40. The van der Waals surface area contributed by atoms with Gasteiger partial charge >= 0.3 is 5.97 Å². The van der Waals surface area contributed by atoms with Gasteiger partial charge in [-0.3, -0.25) is 4.79 Å². The number of rotatable bonds is 3. The van der Waals surface area contributed by atoms with Gasteiger partial charge in [0.1, 0.15) is 11.4 Å². The predicted octanol–water partition coefficient (Wildman–Crippen LogP) is 3.31. The maximum atomic E-state index is 12.9. The number of anilines is 1. The summed E-state index contributed by atoms with van der Waals surface area (Å²) >= 11 is 0. The number of ether oxygens (including phenoxy) is 1. The Hall–Kier alpha value is -2.89. The van der Waals surface area contributed by atoms with Gasteiger partial charge in [-0.15, -0.1) is 0 Å². The van der Waals surface area contributed by atoms with Crippen LogP contribution in [0.3, 0.4) is 0 Å². The van der Waals surface area contributed by atoms with Crippen molar-refractivity contribution in [1.82, 2.24) is 5.32 Å². The number of aliphatic imine (C=N–C) groups is 1. The topological polar surface area (TPSA) is 79.8 Å². The van der Waals surface area contributed by atoms with Crippen molar-refractivity contribution in [3.63, 3.8) is 0 Å². The number of carbonyl (C=O) groups excluding carboxylic acids is 2. The van der Waals surface area contributed by atoms with Crippen LogP contribution in [0, 0.1) is 17.8 Å². The van der Waals surface area contributed by atoms with Crippen molar-refractivity contribution >= 4 is 29.1 Å². The number of carbonyl (C=O) groups is 2. The van der Waals surface area contributed by atoms with Crippen LogP contribution >= 0.6 is 0 Å². The number of amides is 1. The zero-order chi connectivity index (χ0) is 19.0. The summed E-state index contributed by atoms with van der Waals surface area (Å²) in [4.78, 5) is 30.1. The number of amidine groups is 1. The number of esters is 1. The Bertz CT molecular complexity index is 884. The normalized spacial score (nSPS) is 25.4. The second-order valence-corrected chi connectivity index (χ2v) is 7.20. The van der Waals surface area contributed by atoms with Gasteiger partial charge in [0.05, 0.1) is 18.0 Å². The molecule has 1 saturated carbocycles. The first kappa shape index (κ1) is 17.5. The van der Waals surface area contributed by atoms with E-state index in [1.54, 1.807) is 13.8 Å². The molecule has 1 amide bonds. The monoisotopic (exact) mass is 365 g/mol. The van der Waals surface area contributed by atoms with E-state index in [9.17, 15) is 9.59 Å². The fourth-order valence-corrected chi connectivity index (χ4v) is 4.13. The Labute approximate surface area is 158 Å². The zero-order valence-corrected chi connectivity index (χ0v) is 15.5. The molecule has 0 radical (unpaired) electrons. The fourth-order valence-electron chi connectivity index (χ4n) is 4.13. The first-order valence-corrected chi connectivity index (χ1v) is 9.39. The van der Waals surface area contributed by atoms with Gasteiger partial charge in [0, 0.05) is 11.6 Å². The lowest BCUT2D eigenvalue weighted by molar-refractivity contribution is -0.137. The number of hydrogen-bond donors (Lipinski definition) is 2. The molecule has 0 unspecified atom stereocenters. The van der Waals surface area contributed by atoms with Crippen LogP contribution in [0.1, 0.15) is 26.7 Å². The second kappa shape index (κ2) is 7.02. The Morgan fingerprint density at radius 1 is 1.26 bits per heavy atom. The van der Waals surface area contributed by atoms with Crippen molar-refractivity contribution in [2.24, 2.45) is 22.7 Å². The van der Waals surface area contributed by atoms with Gasteiger partial charge in [-0.2, -0.15) is 0 Å². The summed E-state index contributed by atoms with van der Waals surface area (Å²) in [5, 5.41) is 6.14. The lowest BCUT2D eigenvalue weighted by Gasteiger charge is -2.19. The summed E-state index contributed by atoms with van der Waals surface area (Å²) in [6.45, 7) is 3.79. The van der Waals surface area contributed by atoms with E-state index in [2.05, 4.69) is 27.8 Å². The standard InChI is InChI=1S/C21H23N3O3/c1-3-27-21(26)18-12(2)22-16-6-4-5-7-17(16)23-19(18)24-20(25)15-11-13-8-9-14(15)10-13/h4-9,13-15,22H,3,10-11H2,1-2H3,(H,23,24,25)/t13-,14+,15+/m1/s1. The van der Waals surface area contributed by atoms with Gasteiger partial charge in [-0.25, -0.2) is 9.79 Å². The number of allylic oxidation sites excluding steroid dienone is 3. The molecule has 3 atom stereocenters. The number of benzene rings is 1. The molecule has 6 heteroatoms. The summed E-state index contributed by atoms with van der Waals surface area (Å²) < 4.78 is 5.21. The van der Waals surface area contributed by atoms with Crippen LogP contribution in [0.25, 0.3) is 0 Å². The molecule has 6 nitrogen and oxygen atoms in total. The smallest absolute Gasteiger partial charge is 0.343 e. The van der Waals surface area contributed by atoms with Crippen molar-refractivity contribution in [3.8, 4) is 0 Å². The van der Waals surface area contributed by atoms with E-state index < -0.39 is 5.97 Å². The Kier molecular flexibility index (Phi) is 4.56.